The zero-order valence-electron chi connectivity index (χ0n) is 13.1. The molecule has 0 aliphatic rings. The molecule has 0 spiro atoms. The van der Waals surface area contributed by atoms with Gasteiger partial charge in [-0.1, -0.05) is 40.2 Å². The van der Waals surface area contributed by atoms with Crippen LogP contribution in [0.5, 0.6) is 5.75 Å². The van der Waals surface area contributed by atoms with Gasteiger partial charge in [0.15, 0.2) is 0 Å². The molecule has 0 heterocycles. The van der Waals surface area contributed by atoms with Gasteiger partial charge in [-0.2, -0.15) is 0 Å². The lowest BCUT2D eigenvalue weighted by Gasteiger charge is -2.15. The van der Waals surface area contributed by atoms with Crippen LogP contribution < -0.4 is 15.8 Å². The van der Waals surface area contributed by atoms with Crippen LogP contribution in [0.2, 0.25) is 0 Å². The second-order valence-electron chi connectivity index (χ2n) is 5.39. The first kappa shape index (κ1) is 17.3. The third kappa shape index (κ3) is 5.94. The van der Waals surface area contributed by atoms with Gasteiger partial charge in [-0.25, -0.2) is 0 Å². The van der Waals surface area contributed by atoms with Gasteiger partial charge in [0.25, 0.3) is 0 Å². The van der Waals surface area contributed by atoms with Crippen LogP contribution in [0.15, 0.2) is 53.0 Å². The molecule has 5 heteroatoms. The monoisotopic (exact) mass is 376 g/mol. The third-order valence-corrected chi connectivity index (χ3v) is 3.89. The second kappa shape index (κ2) is 8.58. The summed E-state index contributed by atoms with van der Waals surface area (Å²) in [5, 5.41) is 2.89. The van der Waals surface area contributed by atoms with Gasteiger partial charge in [0, 0.05) is 16.6 Å². The van der Waals surface area contributed by atoms with Crippen molar-refractivity contribution in [1.29, 1.82) is 0 Å². The van der Waals surface area contributed by atoms with Crippen LogP contribution in [0.4, 0.5) is 5.69 Å². The Morgan fingerprint density at radius 1 is 1.26 bits per heavy atom. The zero-order chi connectivity index (χ0) is 16.7. The molecule has 1 atom stereocenters. The molecule has 23 heavy (non-hydrogen) atoms. The van der Waals surface area contributed by atoms with E-state index in [1.54, 1.807) is 0 Å². The predicted molar refractivity (Wildman–Crippen MR) is 96.4 cm³/mol. The van der Waals surface area contributed by atoms with Gasteiger partial charge >= 0.3 is 0 Å². The van der Waals surface area contributed by atoms with Crippen molar-refractivity contribution in [2.24, 2.45) is 0 Å². The highest BCUT2D eigenvalue weighted by molar-refractivity contribution is 9.10. The van der Waals surface area contributed by atoms with Crippen LogP contribution in [0.3, 0.4) is 0 Å². The number of carbonyl (C=O) groups is 1. The Hall–Kier alpha value is -2.01. The number of benzene rings is 2. The van der Waals surface area contributed by atoms with Crippen molar-refractivity contribution in [2.45, 2.75) is 25.9 Å². The van der Waals surface area contributed by atoms with Crippen LogP contribution in [0.25, 0.3) is 0 Å². The van der Waals surface area contributed by atoms with E-state index in [0.29, 0.717) is 19.4 Å². The number of anilines is 1. The van der Waals surface area contributed by atoms with Gasteiger partial charge in [-0.3, -0.25) is 4.79 Å². The van der Waals surface area contributed by atoms with Crippen molar-refractivity contribution < 1.29 is 9.53 Å². The maximum Gasteiger partial charge on any atom is 0.220 e. The highest BCUT2D eigenvalue weighted by Crippen LogP contribution is 2.18. The van der Waals surface area contributed by atoms with E-state index in [1.165, 1.54) is 0 Å². The Labute approximate surface area is 145 Å². The number of hydrogen-bond acceptors (Lipinski definition) is 3. The van der Waals surface area contributed by atoms with E-state index in [4.69, 9.17) is 10.5 Å². The Morgan fingerprint density at radius 2 is 2.04 bits per heavy atom. The molecule has 0 saturated carbocycles. The zero-order valence-corrected chi connectivity index (χ0v) is 14.7. The molecule has 122 valence electrons. The molecule has 2 aromatic rings. The number of nitrogens with two attached hydrogens (primary N) is 1. The molecule has 1 amide bonds. The average Bonchev–Trinajstić information content (AvgIpc) is 2.52. The summed E-state index contributed by atoms with van der Waals surface area (Å²) in [6.07, 6.45) is 0.951. The van der Waals surface area contributed by atoms with Crippen LogP contribution >= 0.6 is 15.9 Å². The summed E-state index contributed by atoms with van der Waals surface area (Å²) in [5.74, 6) is 0.774. The first-order valence-electron chi connectivity index (χ1n) is 7.57. The first-order valence-corrected chi connectivity index (χ1v) is 8.36. The van der Waals surface area contributed by atoms with Gasteiger partial charge in [-0.05, 0) is 43.2 Å². The summed E-state index contributed by atoms with van der Waals surface area (Å²) < 4.78 is 6.73. The number of halogens is 1. The van der Waals surface area contributed by atoms with Crippen LogP contribution in [-0.4, -0.2) is 18.6 Å². The van der Waals surface area contributed by atoms with Crippen molar-refractivity contribution in [3.8, 4) is 5.75 Å². The molecule has 1 unspecified atom stereocenters. The summed E-state index contributed by atoms with van der Waals surface area (Å²) >= 11 is 3.40. The number of hydrogen-bond donors (Lipinski definition) is 2. The van der Waals surface area contributed by atoms with Crippen molar-refractivity contribution >= 4 is 27.5 Å². The van der Waals surface area contributed by atoms with Crippen LogP contribution in [0.1, 0.15) is 18.9 Å². The molecule has 0 aliphatic carbocycles. The highest BCUT2D eigenvalue weighted by atomic mass is 79.9. The Balaban J connectivity index is 1.72. The number of amides is 1. The molecule has 0 radical (unpaired) electrons. The third-order valence-electron chi connectivity index (χ3n) is 3.40. The number of rotatable bonds is 7. The van der Waals surface area contributed by atoms with E-state index in [-0.39, 0.29) is 12.0 Å². The van der Waals surface area contributed by atoms with Gasteiger partial charge in [0.1, 0.15) is 11.9 Å². The van der Waals surface area contributed by atoms with Crippen molar-refractivity contribution in [1.82, 2.24) is 5.32 Å². The molecule has 0 saturated heterocycles. The molecule has 2 rings (SSSR count). The minimum absolute atomic E-state index is 0.00190. The van der Waals surface area contributed by atoms with E-state index >= 15 is 0 Å². The lowest BCUT2D eigenvalue weighted by atomic mass is 10.1. The number of para-hydroxylation sites is 1. The summed E-state index contributed by atoms with van der Waals surface area (Å²) in [7, 11) is 0. The van der Waals surface area contributed by atoms with Crippen LogP contribution in [0, 0.1) is 0 Å². The van der Waals surface area contributed by atoms with Gasteiger partial charge in [-0.15, -0.1) is 0 Å². The number of nitrogens with one attached hydrogen (secondary N) is 1. The van der Waals surface area contributed by atoms with Crippen molar-refractivity contribution in [2.75, 3.05) is 12.3 Å². The largest absolute Gasteiger partial charge is 0.489 e. The lowest BCUT2D eigenvalue weighted by molar-refractivity contribution is -0.121. The molecular weight excluding hydrogens is 356 g/mol. The van der Waals surface area contributed by atoms with E-state index in [1.807, 2.05) is 55.5 Å². The lowest BCUT2D eigenvalue weighted by Crippen LogP contribution is -2.33. The topological polar surface area (TPSA) is 64.4 Å². The second-order valence-corrected chi connectivity index (χ2v) is 6.30. The number of carbonyl (C=O) groups excluding carboxylic acids is 1. The quantitative estimate of drug-likeness (QED) is 0.726. The molecular formula is C18H21BrN2O2. The molecule has 0 aromatic heterocycles. The fourth-order valence-corrected chi connectivity index (χ4v) is 2.55. The van der Waals surface area contributed by atoms with Gasteiger partial charge < -0.3 is 15.8 Å². The number of aryl methyl sites for hydroxylation is 1. The van der Waals surface area contributed by atoms with Gasteiger partial charge in [0.05, 0.1) is 6.54 Å². The standard InChI is InChI=1S/C18H21BrN2O2/c1-13(23-16-7-4-6-15(19)11-16)12-21-18(22)10-9-14-5-2-3-8-17(14)20/h2-8,11,13H,9-10,12,20H2,1H3,(H,21,22). The number of nitrogen functional groups attached to an aromatic ring is 1. The molecule has 2 aromatic carbocycles. The first-order chi connectivity index (χ1) is 11.0. The molecule has 0 aliphatic heterocycles. The van der Waals surface area contributed by atoms with Crippen molar-refractivity contribution in [3.05, 3.63) is 58.6 Å². The minimum Gasteiger partial charge on any atom is -0.489 e. The minimum atomic E-state index is -0.102. The maximum atomic E-state index is 11.9. The van der Waals surface area contributed by atoms with Crippen LogP contribution in [-0.2, 0) is 11.2 Å². The van der Waals surface area contributed by atoms with E-state index in [2.05, 4.69) is 21.2 Å². The van der Waals surface area contributed by atoms with E-state index < -0.39 is 0 Å². The predicted octanol–water partition coefficient (Wildman–Crippen LogP) is 3.55. The fourth-order valence-electron chi connectivity index (χ4n) is 2.17. The average molecular weight is 377 g/mol. The molecule has 0 fully saturated rings. The smallest absolute Gasteiger partial charge is 0.220 e. The fraction of sp³-hybridized carbons (Fsp3) is 0.278. The summed E-state index contributed by atoms with van der Waals surface area (Å²) in [5.41, 5.74) is 7.60. The Bertz CT molecular complexity index is 661. The normalized spacial score (nSPS) is 11.7. The Morgan fingerprint density at radius 3 is 2.78 bits per heavy atom. The van der Waals surface area contributed by atoms with E-state index in [0.717, 1.165) is 21.5 Å². The summed E-state index contributed by atoms with van der Waals surface area (Å²) in [4.78, 5) is 11.9. The highest BCUT2D eigenvalue weighted by Gasteiger charge is 2.08. The summed E-state index contributed by atoms with van der Waals surface area (Å²) in [6.45, 7) is 2.39. The maximum absolute atomic E-state index is 11.9. The molecule has 3 N–H and O–H groups in total. The molecule has 4 nitrogen and oxygen atoms in total. The van der Waals surface area contributed by atoms with Crippen molar-refractivity contribution in [3.63, 3.8) is 0 Å². The molecule has 0 bridgehead atoms. The van der Waals surface area contributed by atoms with E-state index in [9.17, 15) is 4.79 Å². The number of ether oxygens (including phenoxy) is 1. The summed E-state index contributed by atoms with van der Waals surface area (Å²) in [6, 6.07) is 15.3. The SMILES string of the molecule is CC(CNC(=O)CCc1ccccc1N)Oc1cccc(Br)c1. The Kier molecular flexibility index (Phi) is 6.47. The van der Waals surface area contributed by atoms with Gasteiger partial charge in [0.2, 0.25) is 5.91 Å².